The Kier molecular flexibility index (Phi) is 4.85. The molecule has 3 aromatic rings. The Hall–Kier alpha value is -3.36. The molecule has 9 heteroatoms. The molecule has 2 heterocycles. The highest BCUT2D eigenvalue weighted by Gasteiger charge is 2.40. The van der Waals surface area contributed by atoms with Crippen molar-refractivity contribution < 1.29 is 22.7 Å². The number of rotatable bonds is 4. The van der Waals surface area contributed by atoms with Crippen molar-refractivity contribution in [3.63, 3.8) is 0 Å². The van der Waals surface area contributed by atoms with Crippen molar-refractivity contribution in [3.8, 4) is 11.6 Å². The summed E-state index contributed by atoms with van der Waals surface area (Å²) in [6, 6.07) is 9.30. The molecular weight excluding hydrogens is 361 g/mol. The number of hydrogen-bond acceptors (Lipinski definition) is 4. The van der Waals surface area contributed by atoms with Crippen LogP contribution in [0.3, 0.4) is 0 Å². The van der Waals surface area contributed by atoms with Gasteiger partial charge in [0.2, 0.25) is 5.88 Å². The normalized spacial score (nSPS) is 11.3. The molecule has 0 aliphatic rings. The van der Waals surface area contributed by atoms with E-state index in [2.05, 4.69) is 15.4 Å². The van der Waals surface area contributed by atoms with E-state index in [4.69, 9.17) is 4.74 Å². The topological polar surface area (TPSA) is 69.0 Å². The summed E-state index contributed by atoms with van der Waals surface area (Å²) in [5, 5.41) is 6.16. The lowest BCUT2D eigenvalue weighted by Crippen LogP contribution is -2.20. The van der Waals surface area contributed by atoms with Gasteiger partial charge >= 0.3 is 6.18 Å². The molecule has 1 N–H and O–H groups in total. The zero-order valence-electron chi connectivity index (χ0n) is 14.4. The van der Waals surface area contributed by atoms with E-state index in [1.165, 1.54) is 37.6 Å². The molecule has 140 valence electrons. The van der Waals surface area contributed by atoms with Crippen molar-refractivity contribution in [2.45, 2.75) is 13.1 Å². The van der Waals surface area contributed by atoms with E-state index in [9.17, 15) is 18.0 Å². The Morgan fingerprint density at radius 2 is 1.81 bits per heavy atom. The number of carbonyl (C=O) groups is 1. The number of anilines is 1. The van der Waals surface area contributed by atoms with Gasteiger partial charge in [-0.2, -0.15) is 18.3 Å². The molecule has 0 unspecified atom stereocenters. The molecule has 0 fully saturated rings. The second-order valence-corrected chi connectivity index (χ2v) is 5.70. The third-order valence-electron chi connectivity index (χ3n) is 3.76. The number of nitrogens with zero attached hydrogens (tertiary/aromatic N) is 3. The molecule has 0 saturated heterocycles. The number of alkyl halides is 3. The van der Waals surface area contributed by atoms with Crippen molar-refractivity contribution in [2.24, 2.45) is 0 Å². The number of hydrogen-bond donors (Lipinski definition) is 1. The molecule has 3 rings (SSSR count). The summed E-state index contributed by atoms with van der Waals surface area (Å²) in [6.45, 7) is 1.82. The zero-order valence-corrected chi connectivity index (χ0v) is 14.4. The van der Waals surface area contributed by atoms with Crippen molar-refractivity contribution >= 4 is 11.6 Å². The fourth-order valence-electron chi connectivity index (χ4n) is 2.44. The minimum Gasteiger partial charge on any atom is -0.481 e. The van der Waals surface area contributed by atoms with E-state index in [1.807, 2.05) is 6.92 Å². The van der Waals surface area contributed by atoms with Crippen molar-refractivity contribution in [3.05, 3.63) is 65.6 Å². The summed E-state index contributed by atoms with van der Waals surface area (Å²) < 4.78 is 46.5. The van der Waals surface area contributed by atoms with E-state index in [1.54, 1.807) is 12.1 Å². The van der Waals surface area contributed by atoms with Gasteiger partial charge in [-0.3, -0.25) is 4.79 Å². The number of aryl methyl sites for hydroxylation is 1. The third-order valence-corrected chi connectivity index (χ3v) is 3.76. The molecule has 0 aliphatic heterocycles. The van der Waals surface area contributed by atoms with E-state index in [0.717, 1.165) is 11.8 Å². The molecule has 2 aromatic heterocycles. The first-order chi connectivity index (χ1) is 12.8. The maximum absolute atomic E-state index is 13.6. The van der Waals surface area contributed by atoms with E-state index >= 15 is 0 Å². The minimum atomic E-state index is -4.77. The van der Waals surface area contributed by atoms with Gasteiger partial charge in [0.25, 0.3) is 5.91 Å². The third kappa shape index (κ3) is 3.91. The smallest absolute Gasteiger partial charge is 0.434 e. The SMILES string of the molecule is COc1ccc(NC(=O)c2cnn(-c3ccc(C)cc3)c2C(F)(F)F)cn1. The maximum Gasteiger partial charge on any atom is 0.434 e. The second-order valence-electron chi connectivity index (χ2n) is 5.70. The highest BCUT2D eigenvalue weighted by Crippen LogP contribution is 2.34. The summed E-state index contributed by atoms with van der Waals surface area (Å²) in [5.74, 6) is -0.621. The summed E-state index contributed by atoms with van der Waals surface area (Å²) in [4.78, 5) is 16.3. The van der Waals surface area contributed by atoms with E-state index < -0.39 is 23.3 Å². The molecular formula is C18H15F3N4O2. The van der Waals surface area contributed by atoms with Gasteiger partial charge in [0.15, 0.2) is 5.69 Å². The number of carbonyl (C=O) groups excluding carboxylic acids is 1. The molecule has 27 heavy (non-hydrogen) atoms. The molecule has 6 nitrogen and oxygen atoms in total. The predicted molar refractivity (Wildman–Crippen MR) is 92.0 cm³/mol. The van der Waals surface area contributed by atoms with Crippen molar-refractivity contribution in [1.82, 2.24) is 14.8 Å². The van der Waals surface area contributed by atoms with Crippen LogP contribution in [0.4, 0.5) is 18.9 Å². The summed E-state index contributed by atoms with van der Waals surface area (Å²) in [7, 11) is 1.43. The predicted octanol–water partition coefficient (Wildman–Crippen LogP) is 3.86. The lowest BCUT2D eigenvalue weighted by molar-refractivity contribution is -0.143. The van der Waals surface area contributed by atoms with Gasteiger partial charge in [-0.1, -0.05) is 17.7 Å². The van der Waals surface area contributed by atoms with Crippen LogP contribution in [0.2, 0.25) is 0 Å². The van der Waals surface area contributed by atoms with Crippen molar-refractivity contribution in [2.75, 3.05) is 12.4 Å². The average Bonchev–Trinajstić information content (AvgIpc) is 3.09. The Bertz CT molecular complexity index is 948. The highest BCUT2D eigenvalue weighted by molar-refractivity contribution is 6.05. The monoisotopic (exact) mass is 376 g/mol. The molecule has 0 saturated carbocycles. The Balaban J connectivity index is 1.97. The van der Waals surface area contributed by atoms with Crippen molar-refractivity contribution in [1.29, 1.82) is 0 Å². The van der Waals surface area contributed by atoms with Crippen LogP contribution in [0.15, 0.2) is 48.8 Å². The summed E-state index contributed by atoms with van der Waals surface area (Å²) >= 11 is 0. The Morgan fingerprint density at radius 1 is 1.11 bits per heavy atom. The number of amides is 1. The maximum atomic E-state index is 13.6. The molecule has 1 aromatic carbocycles. The van der Waals surface area contributed by atoms with Gasteiger partial charge in [-0.05, 0) is 25.1 Å². The van der Waals surface area contributed by atoms with E-state index in [-0.39, 0.29) is 11.4 Å². The lowest BCUT2D eigenvalue weighted by atomic mass is 10.2. The van der Waals surface area contributed by atoms with Gasteiger partial charge < -0.3 is 10.1 Å². The van der Waals surface area contributed by atoms with Crippen LogP contribution in [0.25, 0.3) is 5.69 Å². The minimum absolute atomic E-state index is 0.207. The summed E-state index contributed by atoms with van der Waals surface area (Å²) in [6.07, 6.45) is -2.59. The van der Waals surface area contributed by atoms with Gasteiger partial charge in [-0.25, -0.2) is 9.67 Å². The number of benzene rings is 1. The number of ether oxygens (including phenoxy) is 1. The number of aromatic nitrogens is 3. The standard InChI is InChI=1S/C18H15F3N4O2/c1-11-3-6-13(7-4-11)25-16(18(19,20)21)14(10-23-25)17(26)24-12-5-8-15(27-2)22-9-12/h3-10H,1-2H3,(H,24,26). The van der Waals surface area contributed by atoms with Crippen LogP contribution in [0.5, 0.6) is 5.88 Å². The largest absolute Gasteiger partial charge is 0.481 e. The van der Waals surface area contributed by atoms with Crippen LogP contribution in [0.1, 0.15) is 21.6 Å². The number of nitrogens with one attached hydrogen (secondary N) is 1. The summed E-state index contributed by atoms with van der Waals surface area (Å²) in [5.41, 5.74) is -0.399. The number of halogens is 3. The second kappa shape index (κ2) is 7.10. The first kappa shape index (κ1) is 18.4. The molecule has 0 radical (unpaired) electrons. The van der Waals surface area contributed by atoms with Crippen LogP contribution in [-0.4, -0.2) is 27.8 Å². The molecule has 0 spiro atoms. The fourth-order valence-corrected chi connectivity index (χ4v) is 2.44. The lowest BCUT2D eigenvalue weighted by Gasteiger charge is -2.13. The average molecular weight is 376 g/mol. The fraction of sp³-hybridized carbons (Fsp3) is 0.167. The van der Waals surface area contributed by atoms with Crippen LogP contribution >= 0.6 is 0 Å². The first-order valence-electron chi connectivity index (χ1n) is 7.83. The quantitative estimate of drug-likeness (QED) is 0.751. The molecule has 1 amide bonds. The van der Waals surface area contributed by atoms with Gasteiger partial charge in [-0.15, -0.1) is 0 Å². The Labute approximate surface area is 152 Å². The number of methoxy groups -OCH3 is 1. The Morgan fingerprint density at radius 3 is 2.37 bits per heavy atom. The first-order valence-corrected chi connectivity index (χ1v) is 7.83. The van der Waals surface area contributed by atoms with E-state index in [0.29, 0.717) is 10.6 Å². The van der Waals surface area contributed by atoms with Crippen LogP contribution in [-0.2, 0) is 6.18 Å². The van der Waals surface area contributed by atoms with Crippen LogP contribution < -0.4 is 10.1 Å². The van der Waals surface area contributed by atoms with Crippen LogP contribution in [0, 0.1) is 6.92 Å². The zero-order chi connectivity index (χ0) is 19.6. The highest BCUT2D eigenvalue weighted by atomic mass is 19.4. The molecule has 0 atom stereocenters. The van der Waals surface area contributed by atoms with Gasteiger partial charge in [0.1, 0.15) is 0 Å². The van der Waals surface area contributed by atoms with Gasteiger partial charge in [0.05, 0.1) is 36.4 Å². The molecule has 0 aliphatic carbocycles. The molecule has 0 bridgehead atoms. The number of pyridine rings is 1. The van der Waals surface area contributed by atoms with Gasteiger partial charge in [0, 0.05) is 6.07 Å².